The molecule has 0 saturated heterocycles. The third kappa shape index (κ3) is 4.82. The van der Waals surface area contributed by atoms with E-state index in [1.165, 1.54) is 0 Å². The Labute approximate surface area is 157 Å². The molecular weight excluding hydrogens is 342 g/mol. The van der Waals surface area contributed by atoms with Crippen molar-refractivity contribution in [2.45, 2.75) is 26.4 Å². The van der Waals surface area contributed by atoms with Gasteiger partial charge in [-0.05, 0) is 57.2 Å². The number of para-hydroxylation sites is 1. The first-order chi connectivity index (χ1) is 12.8. The van der Waals surface area contributed by atoms with Gasteiger partial charge in [-0.3, -0.25) is 15.1 Å². The van der Waals surface area contributed by atoms with Crippen molar-refractivity contribution in [1.29, 1.82) is 0 Å². The van der Waals surface area contributed by atoms with Crippen LogP contribution in [0.3, 0.4) is 0 Å². The van der Waals surface area contributed by atoms with Crippen molar-refractivity contribution < 1.29 is 14.3 Å². The lowest BCUT2D eigenvalue weighted by Crippen LogP contribution is -2.27. The monoisotopic (exact) mass is 363 g/mol. The molecule has 0 bridgehead atoms. The minimum Gasteiger partial charge on any atom is -0.444 e. The maximum Gasteiger partial charge on any atom is 0.412 e. The molecule has 0 spiro atoms. The number of carbonyl (C=O) groups excluding carboxylic acids is 2. The van der Waals surface area contributed by atoms with Crippen LogP contribution in [0.5, 0.6) is 0 Å². The molecule has 2 N–H and O–H groups in total. The smallest absolute Gasteiger partial charge is 0.412 e. The van der Waals surface area contributed by atoms with E-state index in [2.05, 4.69) is 15.6 Å². The predicted molar refractivity (Wildman–Crippen MR) is 106 cm³/mol. The van der Waals surface area contributed by atoms with Crippen LogP contribution >= 0.6 is 0 Å². The molecule has 3 rings (SSSR count). The molecule has 0 saturated carbocycles. The van der Waals surface area contributed by atoms with Gasteiger partial charge in [-0.15, -0.1) is 0 Å². The fourth-order valence-corrected chi connectivity index (χ4v) is 2.55. The normalized spacial score (nSPS) is 11.1. The van der Waals surface area contributed by atoms with Crippen molar-refractivity contribution >= 4 is 34.3 Å². The molecule has 2 amide bonds. The van der Waals surface area contributed by atoms with E-state index in [1.807, 2.05) is 24.3 Å². The maximum atomic E-state index is 12.6. The lowest BCUT2D eigenvalue weighted by molar-refractivity contribution is 0.0635. The van der Waals surface area contributed by atoms with E-state index in [0.29, 0.717) is 16.9 Å². The second-order valence-electron chi connectivity index (χ2n) is 7.03. The summed E-state index contributed by atoms with van der Waals surface area (Å²) < 4.78 is 5.21. The summed E-state index contributed by atoms with van der Waals surface area (Å²) in [5.41, 5.74) is 1.96. The van der Waals surface area contributed by atoms with Crippen molar-refractivity contribution in [3.05, 3.63) is 66.4 Å². The molecule has 0 aliphatic rings. The van der Waals surface area contributed by atoms with Gasteiger partial charge in [0.05, 0.1) is 11.1 Å². The topological polar surface area (TPSA) is 80.3 Å². The average Bonchev–Trinajstić information content (AvgIpc) is 2.61. The summed E-state index contributed by atoms with van der Waals surface area (Å²) in [6.07, 6.45) is 1.09. The van der Waals surface area contributed by atoms with E-state index >= 15 is 0 Å². The van der Waals surface area contributed by atoms with Gasteiger partial charge < -0.3 is 10.1 Å². The SMILES string of the molecule is CC(C)(C)OC(=O)Nc1ccc(NC(=O)c2ccnc3ccccc23)cc1. The summed E-state index contributed by atoms with van der Waals surface area (Å²) in [4.78, 5) is 28.7. The zero-order valence-electron chi connectivity index (χ0n) is 15.4. The molecule has 1 aromatic heterocycles. The van der Waals surface area contributed by atoms with Gasteiger partial charge in [-0.1, -0.05) is 18.2 Å². The molecule has 0 radical (unpaired) electrons. The zero-order valence-corrected chi connectivity index (χ0v) is 15.4. The molecular formula is C21H21N3O3. The Kier molecular flexibility index (Phi) is 5.07. The molecule has 27 heavy (non-hydrogen) atoms. The molecule has 138 valence electrons. The number of pyridine rings is 1. The Morgan fingerprint density at radius 2 is 1.52 bits per heavy atom. The minimum absolute atomic E-state index is 0.221. The fraction of sp³-hybridized carbons (Fsp3) is 0.190. The van der Waals surface area contributed by atoms with Crippen LogP contribution in [0, 0.1) is 0 Å². The number of hydrogen-bond donors (Lipinski definition) is 2. The number of fused-ring (bicyclic) bond motifs is 1. The Bertz CT molecular complexity index is 971. The van der Waals surface area contributed by atoms with E-state index in [1.54, 1.807) is 57.3 Å². The molecule has 2 aromatic carbocycles. The Hall–Kier alpha value is -3.41. The molecule has 3 aromatic rings. The molecule has 0 aliphatic heterocycles. The van der Waals surface area contributed by atoms with Gasteiger partial charge in [0.15, 0.2) is 0 Å². The van der Waals surface area contributed by atoms with Gasteiger partial charge in [0.2, 0.25) is 0 Å². The first kappa shape index (κ1) is 18.4. The van der Waals surface area contributed by atoms with Crippen LogP contribution in [0.1, 0.15) is 31.1 Å². The lowest BCUT2D eigenvalue weighted by Gasteiger charge is -2.19. The van der Waals surface area contributed by atoms with Crippen molar-refractivity contribution in [3.63, 3.8) is 0 Å². The van der Waals surface area contributed by atoms with Crippen molar-refractivity contribution in [3.8, 4) is 0 Å². The maximum absolute atomic E-state index is 12.6. The summed E-state index contributed by atoms with van der Waals surface area (Å²) in [5, 5.41) is 6.30. The highest BCUT2D eigenvalue weighted by molar-refractivity contribution is 6.12. The number of aromatic nitrogens is 1. The highest BCUT2D eigenvalue weighted by Gasteiger charge is 2.16. The lowest BCUT2D eigenvalue weighted by atomic mass is 10.1. The highest BCUT2D eigenvalue weighted by atomic mass is 16.6. The van der Waals surface area contributed by atoms with Gasteiger partial charge in [-0.2, -0.15) is 0 Å². The first-order valence-corrected chi connectivity index (χ1v) is 8.57. The first-order valence-electron chi connectivity index (χ1n) is 8.57. The second kappa shape index (κ2) is 7.45. The van der Waals surface area contributed by atoms with Gasteiger partial charge in [0, 0.05) is 23.0 Å². The third-order valence-corrected chi connectivity index (χ3v) is 3.68. The molecule has 0 fully saturated rings. The Balaban J connectivity index is 1.69. The number of nitrogens with zero attached hydrogens (tertiary/aromatic N) is 1. The van der Waals surface area contributed by atoms with Crippen LogP contribution < -0.4 is 10.6 Å². The van der Waals surface area contributed by atoms with Crippen LogP contribution in [0.4, 0.5) is 16.2 Å². The Morgan fingerprint density at radius 1 is 0.889 bits per heavy atom. The molecule has 0 atom stereocenters. The van der Waals surface area contributed by atoms with Crippen LogP contribution in [0.2, 0.25) is 0 Å². The predicted octanol–water partition coefficient (Wildman–Crippen LogP) is 4.83. The van der Waals surface area contributed by atoms with Gasteiger partial charge >= 0.3 is 6.09 Å². The number of ether oxygens (including phenoxy) is 1. The standard InChI is InChI=1S/C21H21N3O3/c1-21(2,3)27-20(26)24-15-10-8-14(9-11-15)23-19(25)17-12-13-22-18-7-5-4-6-16(17)18/h4-13H,1-3H3,(H,23,25)(H,24,26). The number of nitrogens with one attached hydrogen (secondary N) is 2. The number of benzene rings is 2. The average molecular weight is 363 g/mol. The minimum atomic E-state index is -0.564. The van der Waals surface area contributed by atoms with Gasteiger partial charge in [0.1, 0.15) is 5.60 Å². The summed E-state index contributed by atoms with van der Waals surface area (Å²) in [5.74, 6) is -0.221. The molecule has 1 heterocycles. The van der Waals surface area contributed by atoms with Crippen LogP contribution in [-0.4, -0.2) is 22.6 Å². The quantitative estimate of drug-likeness (QED) is 0.698. The van der Waals surface area contributed by atoms with E-state index < -0.39 is 11.7 Å². The largest absolute Gasteiger partial charge is 0.444 e. The van der Waals surface area contributed by atoms with Gasteiger partial charge in [-0.25, -0.2) is 4.79 Å². The molecule has 6 nitrogen and oxygen atoms in total. The fourth-order valence-electron chi connectivity index (χ4n) is 2.55. The highest BCUT2D eigenvalue weighted by Crippen LogP contribution is 2.19. The Morgan fingerprint density at radius 3 is 2.19 bits per heavy atom. The molecule has 0 unspecified atom stereocenters. The summed E-state index contributed by atoms with van der Waals surface area (Å²) >= 11 is 0. The number of rotatable bonds is 3. The van der Waals surface area contributed by atoms with Crippen molar-refractivity contribution in [2.24, 2.45) is 0 Å². The molecule has 6 heteroatoms. The number of anilines is 2. The van der Waals surface area contributed by atoms with E-state index in [4.69, 9.17) is 4.74 Å². The number of amides is 2. The third-order valence-electron chi connectivity index (χ3n) is 3.68. The summed E-state index contributed by atoms with van der Waals surface area (Å²) in [6, 6.07) is 16.0. The van der Waals surface area contributed by atoms with Crippen LogP contribution in [0.15, 0.2) is 60.8 Å². The van der Waals surface area contributed by atoms with Crippen molar-refractivity contribution in [1.82, 2.24) is 4.98 Å². The number of carbonyl (C=O) groups is 2. The van der Waals surface area contributed by atoms with Crippen LogP contribution in [-0.2, 0) is 4.74 Å². The summed E-state index contributed by atoms with van der Waals surface area (Å²) in [7, 11) is 0. The van der Waals surface area contributed by atoms with E-state index in [9.17, 15) is 9.59 Å². The number of hydrogen-bond acceptors (Lipinski definition) is 4. The zero-order chi connectivity index (χ0) is 19.4. The van der Waals surface area contributed by atoms with E-state index in [0.717, 1.165) is 10.9 Å². The van der Waals surface area contributed by atoms with Gasteiger partial charge in [0.25, 0.3) is 5.91 Å². The van der Waals surface area contributed by atoms with Crippen molar-refractivity contribution in [2.75, 3.05) is 10.6 Å². The van der Waals surface area contributed by atoms with Crippen LogP contribution in [0.25, 0.3) is 10.9 Å². The van der Waals surface area contributed by atoms with E-state index in [-0.39, 0.29) is 5.91 Å². The second-order valence-corrected chi connectivity index (χ2v) is 7.03. The summed E-state index contributed by atoms with van der Waals surface area (Å²) in [6.45, 7) is 5.40. The molecule has 0 aliphatic carbocycles.